The summed E-state index contributed by atoms with van der Waals surface area (Å²) < 4.78 is 0. The van der Waals surface area contributed by atoms with Gasteiger partial charge < -0.3 is 9.97 Å². The van der Waals surface area contributed by atoms with Gasteiger partial charge in [-0.3, -0.25) is 0 Å². The van der Waals surface area contributed by atoms with Crippen molar-refractivity contribution in [1.29, 1.82) is 0 Å². The lowest BCUT2D eigenvalue weighted by Crippen LogP contribution is -1.90. The van der Waals surface area contributed by atoms with E-state index in [1.54, 1.807) is 6.07 Å². The summed E-state index contributed by atoms with van der Waals surface area (Å²) >= 11 is 12.4. The van der Waals surface area contributed by atoms with Crippen molar-refractivity contribution in [2.24, 2.45) is 0 Å². The van der Waals surface area contributed by atoms with Crippen LogP contribution in [0, 0.1) is 0 Å². The normalized spacial score (nSPS) is 11.0. The molecular formula is C20H15Cl2N3. The molecule has 2 aromatic carbocycles. The summed E-state index contributed by atoms with van der Waals surface area (Å²) in [7, 11) is 0. The predicted octanol–water partition coefficient (Wildman–Crippen LogP) is 5.97. The molecule has 4 rings (SSSR count). The third-order valence-electron chi connectivity index (χ3n) is 3.97. The summed E-state index contributed by atoms with van der Waals surface area (Å²) in [4.78, 5) is 11.5. The van der Waals surface area contributed by atoms with E-state index in [-0.39, 0.29) is 0 Å². The molecule has 0 bridgehead atoms. The number of benzene rings is 2. The van der Waals surface area contributed by atoms with Crippen molar-refractivity contribution < 1.29 is 0 Å². The van der Waals surface area contributed by atoms with Crippen LogP contribution in [0.3, 0.4) is 0 Å². The minimum atomic E-state index is 0.593. The summed E-state index contributed by atoms with van der Waals surface area (Å²) in [6.07, 6.45) is 2.61. The fourth-order valence-electron chi connectivity index (χ4n) is 2.88. The minimum Gasteiger partial charge on any atom is -0.365 e. The molecule has 124 valence electrons. The van der Waals surface area contributed by atoms with Gasteiger partial charge in [-0.2, -0.15) is 0 Å². The zero-order valence-electron chi connectivity index (χ0n) is 13.3. The minimum absolute atomic E-state index is 0.593. The molecule has 25 heavy (non-hydrogen) atoms. The number of H-pyrrole nitrogens is 2. The molecule has 0 saturated heterocycles. The molecule has 0 aliphatic rings. The first-order chi connectivity index (χ1) is 12.2. The first kappa shape index (κ1) is 16.0. The van der Waals surface area contributed by atoms with Gasteiger partial charge in [0.2, 0.25) is 0 Å². The van der Waals surface area contributed by atoms with Gasteiger partial charge in [-0.1, -0.05) is 53.5 Å². The summed E-state index contributed by atoms with van der Waals surface area (Å²) in [5.74, 6) is 0.882. The van der Waals surface area contributed by atoms with Crippen LogP contribution >= 0.6 is 23.2 Å². The lowest BCUT2D eigenvalue weighted by atomic mass is 10.1. The molecule has 0 aliphatic carbocycles. The molecule has 0 radical (unpaired) electrons. The van der Waals surface area contributed by atoms with Crippen LogP contribution in [0.4, 0.5) is 0 Å². The number of halogens is 2. The molecule has 2 heterocycles. The van der Waals surface area contributed by atoms with Crippen LogP contribution in [0.15, 0.2) is 66.9 Å². The van der Waals surface area contributed by atoms with Crippen LogP contribution in [0.5, 0.6) is 0 Å². The second kappa shape index (κ2) is 6.79. The Kier molecular flexibility index (Phi) is 4.35. The molecule has 0 aliphatic heterocycles. The summed E-state index contributed by atoms with van der Waals surface area (Å²) in [5, 5.41) is 1.19. The first-order valence-electron chi connectivity index (χ1n) is 7.92. The summed E-state index contributed by atoms with van der Waals surface area (Å²) in [6.45, 7) is 0. The van der Waals surface area contributed by atoms with Crippen molar-refractivity contribution in [3.05, 3.63) is 88.4 Å². The standard InChI is InChI=1S/C20H15Cl2N3/c21-15-9-14(10-16(22)11-15)20-19(13-5-2-1-3-6-13)24-18(25-20)12-17-7-4-8-23-17/h1-11,23H,12H2,(H,24,25). The number of nitrogens with zero attached hydrogens (tertiary/aromatic N) is 1. The smallest absolute Gasteiger partial charge is 0.113 e. The van der Waals surface area contributed by atoms with Gasteiger partial charge in [0.1, 0.15) is 5.82 Å². The van der Waals surface area contributed by atoms with E-state index in [1.165, 1.54) is 0 Å². The Labute approximate surface area is 155 Å². The Morgan fingerprint density at radius 3 is 2.28 bits per heavy atom. The molecule has 5 heteroatoms. The topological polar surface area (TPSA) is 44.5 Å². The van der Waals surface area contributed by atoms with Crippen LogP contribution < -0.4 is 0 Å². The van der Waals surface area contributed by atoms with Crippen molar-refractivity contribution in [1.82, 2.24) is 15.0 Å². The Morgan fingerprint density at radius 2 is 1.60 bits per heavy atom. The third-order valence-corrected chi connectivity index (χ3v) is 4.41. The maximum absolute atomic E-state index is 6.19. The van der Waals surface area contributed by atoms with Crippen molar-refractivity contribution in [2.45, 2.75) is 6.42 Å². The maximum atomic E-state index is 6.19. The Morgan fingerprint density at radius 1 is 0.840 bits per heavy atom. The SMILES string of the molecule is Clc1cc(Cl)cc(-c2nc(Cc3ccc[nH]3)[nH]c2-c2ccccc2)c1. The second-order valence-electron chi connectivity index (χ2n) is 5.80. The highest BCUT2D eigenvalue weighted by Crippen LogP contribution is 2.33. The van der Waals surface area contributed by atoms with Crippen molar-refractivity contribution in [3.63, 3.8) is 0 Å². The van der Waals surface area contributed by atoms with E-state index < -0.39 is 0 Å². The van der Waals surface area contributed by atoms with Gasteiger partial charge in [-0.25, -0.2) is 4.98 Å². The highest BCUT2D eigenvalue weighted by molar-refractivity contribution is 6.35. The van der Waals surface area contributed by atoms with Gasteiger partial charge >= 0.3 is 0 Å². The highest BCUT2D eigenvalue weighted by atomic mass is 35.5. The van der Waals surface area contributed by atoms with Gasteiger partial charge in [-0.05, 0) is 30.3 Å². The maximum Gasteiger partial charge on any atom is 0.113 e. The average Bonchev–Trinajstić information content (AvgIpc) is 3.25. The van der Waals surface area contributed by atoms with Crippen molar-refractivity contribution >= 4 is 23.2 Å². The molecule has 0 amide bonds. The molecule has 4 aromatic rings. The van der Waals surface area contributed by atoms with E-state index in [9.17, 15) is 0 Å². The largest absolute Gasteiger partial charge is 0.365 e. The number of aromatic amines is 2. The zero-order chi connectivity index (χ0) is 17.2. The number of imidazole rings is 1. The summed E-state index contributed by atoms with van der Waals surface area (Å²) in [5.41, 5.74) is 4.87. The van der Waals surface area contributed by atoms with Gasteiger partial charge in [0.05, 0.1) is 11.4 Å². The van der Waals surface area contributed by atoms with Crippen LogP contribution in [-0.4, -0.2) is 15.0 Å². The number of hydrogen-bond donors (Lipinski definition) is 2. The number of aromatic nitrogens is 3. The molecule has 0 fully saturated rings. The van der Waals surface area contributed by atoms with Crippen LogP contribution in [-0.2, 0) is 6.42 Å². The fourth-order valence-corrected chi connectivity index (χ4v) is 3.40. The predicted molar refractivity (Wildman–Crippen MR) is 103 cm³/mol. The number of nitrogens with one attached hydrogen (secondary N) is 2. The number of hydrogen-bond acceptors (Lipinski definition) is 1. The average molecular weight is 368 g/mol. The highest BCUT2D eigenvalue weighted by Gasteiger charge is 2.15. The Balaban J connectivity index is 1.84. The third kappa shape index (κ3) is 3.48. The fraction of sp³-hybridized carbons (Fsp3) is 0.0500. The number of rotatable bonds is 4. The van der Waals surface area contributed by atoms with E-state index in [0.29, 0.717) is 16.5 Å². The molecule has 0 spiro atoms. The first-order valence-corrected chi connectivity index (χ1v) is 8.67. The van der Waals surface area contributed by atoms with Gasteiger partial charge in [-0.15, -0.1) is 0 Å². The molecule has 0 unspecified atom stereocenters. The molecular weight excluding hydrogens is 353 g/mol. The van der Waals surface area contributed by atoms with Gasteiger partial charge in [0.25, 0.3) is 0 Å². The molecule has 0 atom stereocenters. The van der Waals surface area contributed by atoms with Gasteiger partial charge in [0, 0.05) is 39.5 Å². The van der Waals surface area contributed by atoms with E-state index in [2.05, 4.69) is 22.1 Å². The monoisotopic (exact) mass is 367 g/mol. The lowest BCUT2D eigenvalue weighted by Gasteiger charge is -2.04. The lowest BCUT2D eigenvalue weighted by molar-refractivity contribution is 0.993. The zero-order valence-corrected chi connectivity index (χ0v) is 14.8. The van der Waals surface area contributed by atoms with E-state index in [0.717, 1.165) is 34.0 Å². The van der Waals surface area contributed by atoms with Gasteiger partial charge in [0.15, 0.2) is 0 Å². The van der Waals surface area contributed by atoms with E-state index in [1.807, 2.05) is 48.7 Å². The molecule has 3 nitrogen and oxygen atoms in total. The summed E-state index contributed by atoms with van der Waals surface area (Å²) in [6, 6.07) is 19.6. The molecule has 0 saturated carbocycles. The van der Waals surface area contributed by atoms with E-state index >= 15 is 0 Å². The molecule has 2 aromatic heterocycles. The Bertz CT molecular complexity index is 969. The van der Waals surface area contributed by atoms with Crippen LogP contribution in [0.1, 0.15) is 11.5 Å². The van der Waals surface area contributed by atoms with E-state index in [4.69, 9.17) is 28.2 Å². The van der Waals surface area contributed by atoms with Crippen molar-refractivity contribution in [2.75, 3.05) is 0 Å². The Hall–Kier alpha value is -2.49. The van der Waals surface area contributed by atoms with Crippen molar-refractivity contribution in [3.8, 4) is 22.5 Å². The van der Waals surface area contributed by atoms with Crippen LogP contribution in [0.2, 0.25) is 10.0 Å². The van der Waals surface area contributed by atoms with Crippen LogP contribution in [0.25, 0.3) is 22.5 Å². The molecule has 2 N–H and O–H groups in total. The quantitative estimate of drug-likeness (QED) is 0.458. The second-order valence-corrected chi connectivity index (χ2v) is 6.68.